The van der Waals surface area contributed by atoms with Crippen LogP contribution in [0.4, 0.5) is 20.8 Å². The molecule has 150 valence electrons. The largest absolute Gasteiger partial charge is 0.479 e. The molecule has 1 aliphatic heterocycles. The van der Waals surface area contributed by atoms with E-state index < -0.39 is 11.9 Å². The molecule has 1 amide bonds. The molecule has 0 spiro atoms. The molecule has 0 radical (unpaired) electrons. The molecule has 0 unspecified atom stereocenters. The van der Waals surface area contributed by atoms with Crippen LogP contribution in [-0.4, -0.2) is 45.6 Å². The third-order valence-corrected chi connectivity index (χ3v) is 4.34. The van der Waals surface area contributed by atoms with E-state index in [0.29, 0.717) is 13.1 Å². The van der Waals surface area contributed by atoms with Gasteiger partial charge in [-0.05, 0) is 30.2 Å². The fourth-order valence-corrected chi connectivity index (χ4v) is 3.06. The second-order valence-corrected chi connectivity index (χ2v) is 6.62. The lowest BCUT2D eigenvalue weighted by molar-refractivity contribution is 0.129. The van der Waals surface area contributed by atoms with Gasteiger partial charge in [0, 0.05) is 17.4 Å². The summed E-state index contributed by atoms with van der Waals surface area (Å²) in [7, 11) is 1.35. The summed E-state index contributed by atoms with van der Waals surface area (Å²) in [6.07, 6.45) is 4.05. The van der Waals surface area contributed by atoms with E-state index in [1.807, 2.05) is 31.3 Å². The number of aryl methyl sites for hydroxylation is 1. The van der Waals surface area contributed by atoms with Crippen LogP contribution < -0.4 is 15.4 Å². The number of amides is 1. The number of nitrogens with zero attached hydrogens (tertiary/aromatic N) is 4. The van der Waals surface area contributed by atoms with Crippen molar-refractivity contribution >= 4 is 17.7 Å². The average molecular weight is 398 g/mol. The standard InChI is InChI=1S/C19H19FN6O3/c1-11-3-12(13-6-23-26(9-13)10-15-7-22-19(27)29-15)5-14(4-11)24-18-21-8-16(20)17(25-18)28-2/h3-6,8-9,15H,7,10H2,1-2H3,(H,22,27)(H,21,24,25)/t15-/m1/s1. The molecule has 2 N–H and O–H groups in total. The fraction of sp³-hybridized carbons (Fsp3) is 0.263. The Balaban J connectivity index is 1.53. The Morgan fingerprint density at radius 1 is 1.34 bits per heavy atom. The van der Waals surface area contributed by atoms with Gasteiger partial charge in [0.1, 0.15) is 6.10 Å². The molecule has 29 heavy (non-hydrogen) atoms. The van der Waals surface area contributed by atoms with Gasteiger partial charge in [0.05, 0.1) is 32.6 Å². The minimum atomic E-state index is -0.626. The number of benzene rings is 1. The Kier molecular flexibility index (Phi) is 4.98. The number of ether oxygens (including phenoxy) is 2. The zero-order chi connectivity index (χ0) is 20.4. The molecule has 2 aromatic heterocycles. The van der Waals surface area contributed by atoms with Crippen molar-refractivity contribution in [2.45, 2.75) is 19.6 Å². The minimum Gasteiger partial charge on any atom is -0.479 e. The minimum absolute atomic E-state index is 0.126. The van der Waals surface area contributed by atoms with Crippen molar-refractivity contribution in [2.24, 2.45) is 0 Å². The number of rotatable bonds is 6. The van der Waals surface area contributed by atoms with Crippen molar-refractivity contribution in [3.05, 3.63) is 48.2 Å². The lowest BCUT2D eigenvalue weighted by Crippen LogP contribution is -2.20. The molecular formula is C19H19FN6O3. The summed E-state index contributed by atoms with van der Waals surface area (Å²) in [6, 6.07) is 5.87. The van der Waals surface area contributed by atoms with Crippen molar-refractivity contribution < 1.29 is 18.7 Å². The van der Waals surface area contributed by atoms with Gasteiger partial charge in [0.2, 0.25) is 11.8 Å². The van der Waals surface area contributed by atoms with Crippen LogP contribution in [0.25, 0.3) is 11.1 Å². The highest BCUT2D eigenvalue weighted by atomic mass is 19.1. The SMILES string of the molecule is COc1nc(Nc2cc(C)cc(-c3cnn(C[C@H]4CNC(=O)O4)c3)c2)ncc1F. The topological polar surface area (TPSA) is 103 Å². The van der Waals surface area contributed by atoms with Gasteiger partial charge < -0.3 is 20.1 Å². The molecule has 3 aromatic rings. The molecule has 9 nitrogen and oxygen atoms in total. The summed E-state index contributed by atoms with van der Waals surface area (Å²) in [4.78, 5) is 19.1. The van der Waals surface area contributed by atoms with Crippen LogP contribution in [0, 0.1) is 12.7 Å². The van der Waals surface area contributed by atoms with E-state index in [0.717, 1.165) is 28.6 Å². The van der Waals surface area contributed by atoms with Gasteiger partial charge >= 0.3 is 6.09 Å². The zero-order valence-corrected chi connectivity index (χ0v) is 15.8. The summed E-state index contributed by atoms with van der Waals surface area (Å²) in [5, 5.41) is 10.0. The fourth-order valence-electron chi connectivity index (χ4n) is 3.06. The Morgan fingerprint density at radius 2 is 2.21 bits per heavy atom. The van der Waals surface area contributed by atoms with Crippen molar-refractivity contribution in [3.8, 4) is 17.0 Å². The van der Waals surface area contributed by atoms with Gasteiger partial charge in [-0.15, -0.1) is 0 Å². The molecule has 1 saturated heterocycles. The molecule has 0 saturated carbocycles. The van der Waals surface area contributed by atoms with E-state index in [4.69, 9.17) is 9.47 Å². The quantitative estimate of drug-likeness (QED) is 0.658. The monoisotopic (exact) mass is 398 g/mol. The Bertz CT molecular complexity index is 1050. The summed E-state index contributed by atoms with van der Waals surface area (Å²) < 4.78 is 25.3. The first-order valence-electron chi connectivity index (χ1n) is 8.93. The Labute approximate surface area is 165 Å². The van der Waals surface area contributed by atoms with Crippen LogP contribution in [0.15, 0.2) is 36.8 Å². The second-order valence-electron chi connectivity index (χ2n) is 6.62. The summed E-state index contributed by atoms with van der Waals surface area (Å²) in [6.45, 7) is 2.90. The van der Waals surface area contributed by atoms with Gasteiger partial charge in [-0.1, -0.05) is 6.07 Å². The number of anilines is 2. The number of methoxy groups -OCH3 is 1. The van der Waals surface area contributed by atoms with E-state index in [1.165, 1.54) is 7.11 Å². The van der Waals surface area contributed by atoms with Crippen LogP contribution >= 0.6 is 0 Å². The highest BCUT2D eigenvalue weighted by Gasteiger charge is 2.23. The highest BCUT2D eigenvalue weighted by molar-refractivity contribution is 5.70. The average Bonchev–Trinajstić information content (AvgIpc) is 3.32. The molecule has 0 aliphatic carbocycles. The number of hydrogen-bond donors (Lipinski definition) is 2. The summed E-state index contributed by atoms with van der Waals surface area (Å²) in [5.41, 5.74) is 3.61. The Hall–Kier alpha value is -3.69. The lowest BCUT2D eigenvalue weighted by Gasteiger charge is -2.10. The van der Waals surface area contributed by atoms with E-state index in [-0.39, 0.29) is 17.9 Å². The second kappa shape index (κ2) is 7.74. The molecule has 4 rings (SSSR count). The molecule has 1 aromatic carbocycles. The first-order chi connectivity index (χ1) is 14.0. The normalized spacial score (nSPS) is 15.7. The zero-order valence-electron chi connectivity index (χ0n) is 15.8. The number of alkyl carbamates (subject to hydrolysis) is 1. The van der Waals surface area contributed by atoms with Crippen LogP contribution in [0.3, 0.4) is 0 Å². The highest BCUT2D eigenvalue weighted by Crippen LogP contribution is 2.26. The van der Waals surface area contributed by atoms with E-state index in [2.05, 4.69) is 25.7 Å². The van der Waals surface area contributed by atoms with Crippen molar-refractivity contribution in [1.29, 1.82) is 0 Å². The van der Waals surface area contributed by atoms with Gasteiger partial charge in [0.25, 0.3) is 5.88 Å². The molecule has 1 fully saturated rings. The number of cyclic esters (lactones) is 1. The molecule has 10 heteroatoms. The summed E-state index contributed by atoms with van der Waals surface area (Å²) in [5.74, 6) is -0.525. The maximum absolute atomic E-state index is 13.5. The van der Waals surface area contributed by atoms with Crippen molar-refractivity contribution in [2.75, 3.05) is 19.0 Å². The Morgan fingerprint density at radius 3 is 2.97 bits per heavy atom. The number of halogens is 1. The lowest BCUT2D eigenvalue weighted by atomic mass is 10.1. The van der Waals surface area contributed by atoms with Gasteiger partial charge in [0.15, 0.2) is 0 Å². The van der Waals surface area contributed by atoms with Crippen LogP contribution in [0.1, 0.15) is 5.56 Å². The number of hydrogen-bond acceptors (Lipinski definition) is 7. The van der Waals surface area contributed by atoms with E-state index >= 15 is 0 Å². The number of aromatic nitrogens is 4. The van der Waals surface area contributed by atoms with Crippen LogP contribution in [0.2, 0.25) is 0 Å². The smallest absolute Gasteiger partial charge is 0.407 e. The maximum atomic E-state index is 13.5. The van der Waals surface area contributed by atoms with Crippen LogP contribution in [-0.2, 0) is 11.3 Å². The molecule has 1 aliphatic rings. The van der Waals surface area contributed by atoms with Crippen LogP contribution in [0.5, 0.6) is 5.88 Å². The van der Waals surface area contributed by atoms with Gasteiger partial charge in [-0.2, -0.15) is 14.5 Å². The van der Waals surface area contributed by atoms with Gasteiger partial charge in [-0.3, -0.25) is 4.68 Å². The first kappa shape index (κ1) is 18.7. The number of carbonyl (C=O) groups excluding carboxylic acids is 1. The number of nitrogens with one attached hydrogen (secondary N) is 2. The predicted molar refractivity (Wildman–Crippen MR) is 102 cm³/mol. The molecular weight excluding hydrogens is 379 g/mol. The van der Waals surface area contributed by atoms with E-state index in [1.54, 1.807) is 10.9 Å². The summed E-state index contributed by atoms with van der Waals surface area (Å²) >= 11 is 0. The van der Waals surface area contributed by atoms with Crippen molar-refractivity contribution in [3.63, 3.8) is 0 Å². The molecule has 1 atom stereocenters. The third-order valence-electron chi connectivity index (χ3n) is 4.34. The molecule has 0 bridgehead atoms. The van der Waals surface area contributed by atoms with Crippen molar-refractivity contribution in [1.82, 2.24) is 25.1 Å². The molecule has 3 heterocycles. The van der Waals surface area contributed by atoms with E-state index in [9.17, 15) is 9.18 Å². The first-order valence-corrected chi connectivity index (χ1v) is 8.93. The predicted octanol–water partition coefficient (Wildman–Crippen LogP) is 2.65. The maximum Gasteiger partial charge on any atom is 0.407 e. The number of carbonyl (C=O) groups is 1. The third kappa shape index (κ3) is 4.26. The van der Waals surface area contributed by atoms with Gasteiger partial charge in [-0.25, -0.2) is 9.78 Å².